The van der Waals surface area contributed by atoms with Crippen LogP contribution in [-0.4, -0.2) is 31.5 Å². The Labute approximate surface area is 124 Å². The molecule has 0 aliphatic heterocycles. The van der Waals surface area contributed by atoms with Gasteiger partial charge in [-0.3, -0.25) is 9.78 Å². The van der Waals surface area contributed by atoms with E-state index in [0.717, 1.165) is 0 Å². The van der Waals surface area contributed by atoms with Crippen molar-refractivity contribution in [2.24, 2.45) is 0 Å². The third-order valence-electron chi connectivity index (χ3n) is 2.90. The normalized spacial score (nSPS) is 11.2. The predicted molar refractivity (Wildman–Crippen MR) is 80.5 cm³/mol. The van der Waals surface area contributed by atoms with E-state index in [9.17, 15) is 13.2 Å². The van der Waals surface area contributed by atoms with Gasteiger partial charge in [0, 0.05) is 23.9 Å². The molecule has 0 saturated carbocycles. The summed E-state index contributed by atoms with van der Waals surface area (Å²) in [5.74, 6) is -0.344. The molecular formula is C15H16N2O3S. The summed E-state index contributed by atoms with van der Waals surface area (Å²) in [6.45, 7) is -0.228. The number of carbonyl (C=O) groups is 1. The summed E-state index contributed by atoms with van der Waals surface area (Å²) in [5.41, 5.74) is 1.20. The zero-order chi connectivity index (χ0) is 15.1. The molecular weight excluding hydrogens is 288 g/mol. The van der Waals surface area contributed by atoms with Crippen molar-refractivity contribution in [3.05, 3.63) is 66.0 Å². The topological polar surface area (TPSA) is 76.1 Å². The smallest absolute Gasteiger partial charge is 0.212 e. The lowest BCUT2D eigenvalue weighted by atomic mass is 10.1. The molecule has 0 unspecified atom stereocenters. The van der Waals surface area contributed by atoms with Crippen LogP contribution in [0.3, 0.4) is 0 Å². The Hall–Kier alpha value is -2.05. The summed E-state index contributed by atoms with van der Waals surface area (Å²) in [7, 11) is -3.49. The third kappa shape index (κ3) is 5.09. The molecule has 0 radical (unpaired) electrons. The van der Waals surface area contributed by atoms with Crippen molar-refractivity contribution >= 4 is 15.8 Å². The summed E-state index contributed by atoms with van der Waals surface area (Å²) in [6.07, 6.45) is 1.93. The van der Waals surface area contributed by atoms with Gasteiger partial charge in [-0.05, 0) is 12.1 Å². The van der Waals surface area contributed by atoms with Crippen LogP contribution >= 0.6 is 0 Å². The van der Waals surface area contributed by atoms with Crippen LogP contribution in [0.5, 0.6) is 0 Å². The zero-order valence-corrected chi connectivity index (χ0v) is 12.2. The summed E-state index contributed by atoms with van der Waals surface area (Å²) in [6, 6.07) is 13.9. The molecule has 21 heavy (non-hydrogen) atoms. The van der Waals surface area contributed by atoms with E-state index in [1.54, 1.807) is 54.7 Å². The van der Waals surface area contributed by atoms with E-state index in [4.69, 9.17) is 0 Å². The number of nitrogens with one attached hydrogen (secondary N) is 1. The van der Waals surface area contributed by atoms with Gasteiger partial charge in [-0.1, -0.05) is 36.4 Å². The predicted octanol–water partition coefficient (Wildman–Crippen LogP) is 1.43. The number of aromatic nitrogens is 1. The van der Waals surface area contributed by atoms with Crippen LogP contribution in [0.1, 0.15) is 16.1 Å². The lowest BCUT2D eigenvalue weighted by molar-refractivity contribution is 0.0997. The maximum Gasteiger partial charge on any atom is 0.212 e. The number of hydrogen-bond acceptors (Lipinski definition) is 4. The van der Waals surface area contributed by atoms with E-state index < -0.39 is 10.0 Å². The van der Waals surface area contributed by atoms with E-state index in [-0.39, 0.29) is 18.1 Å². The molecule has 6 heteroatoms. The molecule has 1 heterocycles. The van der Waals surface area contributed by atoms with Gasteiger partial charge < -0.3 is 0 Å². The van der Waals surface area contributed by atoms with Gasteiger partial charge in [0.15, 0.2) is 5.78 Å². The van der Waals surface area contributed by atoms with Crippen LogP contribution in [0, 0.1) is 0 Å². The van der Waals surface area contributed by atoms with Gasteiger partial charge in [0.2, 0.25) is 10.0 Å². The van der Waals surface area contributed by atoms with E-state index in [1.165, 1.54) is 0 Å². The molecule has 5 nitrogen and oxygen atoms in total. The van der Waals surface area contributed by atoms with Crippen LogP contribution in [0.15, 0.2) is 54.7 Å². The average molecular weight is 304 g/mol. The highest BCUT2D eigenvalue weighted by Gasteiger charge is 2.13. The summed E-state index contributed by atoms with van der Waals surface area (Å²) in [4.78, 5) is 15.9. The van der Waals surface area contributed by atoms with Crippen molar-refractivity contribution in [1.82, 2.24) is 9.71 Å². The van der Waals surface area contributed by atoms with Crippen molar-refractivity contribution < 1.29 is 13.2 Å². The maximum atomic E-state index is 11.8. The fraction of sp³-hybridized carbons (Fsp3) is 0.200. The van der Waals surface area contributed by atoms with Gasteiger partial charge in [0.05, 0.1) is 12.3 Å². The van der Waals surface area contributed by atoms with Crippen molar-refractivity contribution in [1.29, 1.82) is 0 Å². The number of carbonyl (C=O) groups excluding carboxylic acids is 1. The second-order valence-corrected chi connectivity index (χ2v) is 6.43. The van der Waals surface area contributed by atoms with Gasteiger partial charge in [0.1, 0.15) is 0 Å². The first-order chi connectivity index (χ1) is 10.1. The van der Waals surface area contributed by atoms with Crippen LogP contribution < -0.4 is 4.72 Å². The molecule has 0 saturated heterocycles. The number of sulfonamides is 1. The number of nitrogens with zero attached hydrogens (tertiary/aromatic N) is 1. The number of Topliss-reactive ketones (excluding diaryl/α,β-unsaturated/α-hetero) is 1. The SMILES string of the molecule is O=C(CNS(=O)(=O)CCc1ccccn1)c1ccccc1. The largest absolute Gasteiger partial charge is 0.293 e. The molecule has 1 aromatic carbocycles. The van der Waals surface area contributed by atoms with Crippen molar-refractivity contribution in [3.8, 4) is 0 Å². The summed E-state index contributed by atoms with van der Waals surface area (Å²) in [5, 5.41) is 0. The molecule has 0 atom stereocenters. The molecule has 0 aliphatic carbocycles. The lowest BCUT2D eigenvalue weighted by Crippen LogP contribution is -2.32. The number of ketones is 1. The molecule has 1 N–H and O–H groups in total. The monoisotopic (exact) mass is 304 g/mol. The number of aryl methyl sites for hydroxylation is 1. The van der Waals surface area contributed by atoms with Crippen LogP contribution in [0.4, 0.5) is 0 Å². The molecule has 0 fully saturated rings. The van der Waals surface area contributed by atoms with E-state index in [0.29, 0.717) is 17.7 Å². The van der Waals surface area contributed by atoms with Gasteiger partial charge in [-0.2, -0.15) is 0 Å². The summed E-state index contributed by atoms with van der Waals surface area (Å²) >= 11 is 0. The first kappa shape index (κ1) is 15.3. The quantitative estimate of drug-likeness (QED) is 0.785. The Kier molecular flexibility index (Phi) is 5.19. The third-order valence-corrected chi connectivity index (χ3v) is 4.23. The Balaban J connectivity index is 1.85. The van der Waals surface area contributed by atoms with Gasteiger partial charge in [-0.25, -0.2) is 13.1 Å². The number of hydrogen-bond donors (Lipinski definition) is 1. The van der Waals surface area contributed by atoms with Gasteiger partial charge in [0.25, 0.3) is 0 Å². The number of rotatable bonds is 7. The first-order valence-corrected chi connectivity index (χ1v) is 8.17. The number of benzene rings is 1. The van der Waals surface area contributed by atoms with Crippen LogP contribution in [0.25, 0.3) is 0 Å². The van der Waals surface area contributed by atoms with E-state index in [2.05, 4.69) is 9.71 Å². The van der Waals surface area contributed by atoms with E-state index in [1.807, 2.05) is 0 Å². The molecule has 0 bridgehead atoms. The second-order valence-electron chi connectivity index (χ2n) is 4.50. The Morgan fingerprint density at radius 1 is 1.05 bits per heavy atom. The minimum Gasteiger partial charge on any atom is -0.293 e. The average Bonchev–Trinajstić information content (AvgIpc) is 2.53. The molecule has 0 spiro atoms. The Bertz CT molecular complexity index is 685. The lowest BCUT2D eigenvalue weighted by Gasteiger charge is -2.06. The van der Waals surface area contributed by atoms with Crippen LogP contribution in [0.2, 0.25) is 0 Å². The van der Waals surface area contributed by atoms with Gasteiger partial charge in [-0.15, -0.1) is 0 Å². The van der Waals surface area contributed by atoms with Crippen LogP contribution in [-0.2, 0) is 16.4 Å². The number of pyridine rings is 1. The molecule has 1 aromatic heterocycles. The zero-order valence-electron chi connectivity index (χ0n) is 11.4. The maximum absolute atomic E-state index is 11.8. The minimum absolute atomic E-state index is 0.0912. The molecule has 2 aromatic rings. The van der Waals surface area contributed by atoms with Crippen molar-refractivity contribution in [2.45, 2.75) is 6.42 Å². The van der Waals surface area contributed by atoms with Crippen molar-refractivity contribution in [2.75, 3.05) is 12.3 Å². The molecule has 2 rings (SSSR count). The molecule has 110 valence electrons. The first-order valence-electron chi connectivity index (χ1n) is 6.52. The highest BCUT2D eigenvalue weighted by atomic mass is 32.2. The fourth-order valence-electron chi connectivity index (χ4n) is 1.76. The standard InChI is InChI=1S/C15H16N2O3S/c18-15(13-6-2-1-3-7-13)12-17-21(19,20)11-9-14-8-4-5-10-16-14/h1-8,10,17H,9,11-12H2. The minimum atomic E-state index is -3.49. The molecule has 0 amide bonds. The highest BCUT2D eigenvalue weighted by molar-refractivity contribution is 7.89. The molecule has 0 aliphatic rings. The summed E-state index contributed by atoms with van der Waals surface area (Å²) < 4.78 is 26.0. The van der Waals surface area contributed by atoms with Gasteiger partial charge >= 0.3 is 0 Å². The Morgan fingerprint density at radius 3 is 2.43 bits per heavy atom. The highest BCUT2D eigenvalue weighted by Crippen LogP contribution is 2.01. The Morgan fingerprint density at radius 2 is 1.76 bits per heavy atom. The fourth-order valence-corrected chi connectivity index (χ4v) is 2.73. The van der Waals surface area contributed by atoms with E-state index >= 15 is 0 Å². The van der Waals surface area contributed by atoms with Crippen molar-refractivity contribution in [3.63, 3.8) is 0 Å². The second kappa shape index (κ2) is 7.10.